The first-order chi connectivity index (χ1) is 8.84. The number of piperazine rings is 1. The van der Waals surface area contributed by atoms with Gasteiger partial charge in [-0.05, 0) is 30.7 Å². The molecule has 18 heavy (non-hydrogen) atoms. The highest BCUT2D eigenvalue weighted by Gasteiger charge is 2.07. The van der Waals surface area contributed by atoms with Crippen molar-refractivity contribution < 1.29 is 0 Å². The Hall–Kier alpha value is -0.420. The maximum Gasteiger partial charge on any atom is 0.0175 e. The molecule has 0 unspecified atom stereocenters. The van der Waals surface area contributed by atoms with Crippen LogP contribution in [-0.2, 0) is 6.42 Å². The molecular formula is C14H22BrN3. The zero-order chi connectivity index (χ0) is 12.6. The molecule has 1 aromatic carbocycles. The summed E-state index contributed by atoms with van der Waals surface area (Å²) in [6, 6.07) is 8.58. The molecule has 2 N–H and O–H groups in total. The minimum absolute atomic E-state index is 1.06. The number of hydrogen-bond donors (Lipinski definition) is 2. The summed E-state index contributed by atoms with van der Waals surface area (Å²) in [6.07, 6.45) is 1.11. The van der Waals surface area contributed by atoms with Crippen LogP contribution in [0.3, 0.4) is 0 Å². The summed E-state index contributed by atoms with van der Waals surface area (Å²) in [4.78, 5) is 2.52. The summed E-state index contributed by atoms with van der Waals surface area (Å²) in [5.41, 5.74) is 1.40. The number of hydrogen-bond acceptors (Lipinski definition) is 3. The highest BCUT2D eigenvalue weighted by molar-refractivity contribution is 9.10. The second-order valence-electron chi connectivity index (χ2n) is 4.72. The van der Waals surface area contributed by atoms with Crippen LogP contribution in [0.2, 0.25) is 0 Å². The third-order valence-electron chi connectivity index (χ3n) is 3.32. The summed E-state index contributed by atoms with van der Waals surface area (Å²) in [7, 11) is 0. The molecule has 0 spiro atoms. The van der Waals surface area contributed by atoms with Gasteiger partial charge in [-0.15, -0.1) is 0 Å². The van der Waals surface area contributed by atoms with E-state index in [0.29, 0.717) is 0 Å². The van der Waals surface area contributed by atoms with Crippen molar-refractivity contribution >= 4 is 15.9 Å². The van der Waals surface area contributed by atoms with Crippen LogP contribution < -0.4 is 10.6 Å². The smallest absolute Gasteiger partial charge is 0.0175 e. The van der Waals surface area contributed by atoms with Crippen molar-refractivity contribution in [3.05, 3.63) is 34.3 Å². The van der Waals surface area contributed by atoms with Gasteiger partial charge in [0.15, 0.2) is 0 Å². The van der Waals surface area contributed by atoms with E-state index < -0.39 is 0 Å². The highest BCUT2D eigenvalue weighted by Crippen LogP contribution is 2.10. The van der Waals surface area contributed by atoms with Gasteiger partial charge in [0.25, 0.3) is 0 Å². The second-order valence-corrected chi connectivity index (χ2v) is 5.63. The normalized spacial score (nSPS) is 16.9. The Bertz CT molecular complexity index is 333. The summed E-state index contributed by atoms with van der Waals surface area (Å²) in [6.45, 7) is 7.98. The molecule has 3 nitrogen and oxygen atoms in total. The first-order valence-electron chi connectivity index (χ1n) is 6.73. The molecule has 100 valence electrons. The second kappa shape index (κ2) is 7.89. The van der Waals surface area contributed by atoms with Gasteiger partial charge in [-0.3, -0.25) is 4.90 Å². The van der Waals surface area contributed by atoms with Gasteiger partial charge in [-0.25, -0.2) is 0 Å². The van der Waals surface area contributed by atoms with Crippen LogP contribution in [0.5, 0.6) is 0 Å². The Balaban J connectivity index is 1.54. The molecule has 0 atom stereocenters. The van der Waals surface area contributed by atoms with Crippen LogP contribution in [0.1, 0.15) is 5.56 Å². The first kappa shape index (κ1) is 14.0. The Morgan fingerprint density at radius 3 is 2.56 bits per heavy atom. The summed E-state index contributed by atoms with van der Waals surface area (Å²) in [5.74, 6) is 0. The summed E-state index contributed by atoms with van der Waals surface area (Å²) in [5, 5.41) is 6.90. The minimum atomic E-state index is 1.06. The van der Waals surface area contributed by atoms with E-state index in [9.17, 15) is 0 Å². The molecule has 1 aromatic rings. The van der Waals surface area contributed by atoms with Crippen molar-refractivity contribution in [1.82, 2.24) is 15.5 Å². The van der Waals surface area contributed by atoms with Crippen molar-refractivity contribution in [3.63, 3.8) is 0 Å². The molecule has 0 radical (unpaired) electrons. The summed E-state index contributed by atoms with van der Waals surface area (Å²) >= 11 is 3.46. The predicted octanol–water partition coefficient (Wildman–Crippen LogP) is 1.49. The molecule has 0 bridgehead atoms. The molecule has 0 saturated carbocycles. The Morgan fingerprint density at radius 2 is 1.83 bits per heavy atom. The van der Waals surface area contributed by atoms with Crippen molar-refractivity contribution in [2.45, 2.75) is 6.42 Å². The van der Waals surface area contributed by atoms with Gasteiger partial charge >= 0.3 is 0 Å². The van der Waals surface area contributed by atoms with Gasteiger partial charge in [0.2, 0.25) is 0 Å². The molecule has 0 aliphatic carbocycles. The van der Waals surface area contributed by atoms with Gasteiger partial charge in [0.1, 0.15) is 0 Å². The minimum Gasteiger partial charge on any atom is -0.315 e. The Morgan fingerprint density at radius 1 is 1.11 bits per heavy atom. The van der Waals surface area contributed by atoms with Crippen molar-refractivity contribution in [1.29, 1.82) is 0 Å². The van der Waals surface area contributed by atoms with E-state index in [4.69, 9.17) is 0 Å². The number of nitrogens with zero attached hydrogens (tertiary/aromatic N) is 1. The van der Waals surface area contributed by atoms with Crippen molar-refractivity contribution in [3.8, 4) is 0 Å². The predicted molar refractivity (Wildman–Crippen MR) is 80.0 cm³/mol. The van der Waals surface area contributed by atoms with Crippen LogP contribution in [0.25, 0.3) is 0 Å². The maximum atomic E-state index is 3.52. The molecular weight excluding hydrogens is 290 g/mol. The molecule has 1 heterocycles. The van der Waals surface area contributed by atoms with Crippen LogP contribution in [0.4, 0.5) is 0 Å². The van der Waals surface area contributed by atoms with Crippen molar-refractivity contribution in [2.24, 2.45) is 0 Å². The van der Waals surface area contributed by atoms with Crippen LogP contribution in [0, 0.1) is 0 Å². The topological polar surface area (TPSA) is 27.3 Å². The monoisotopic (exact) mass is 311 g/mol. The summed E-state index contributed by atoms with van der Waals surface area (Å²) < 4.78 is 1.15. The van der Waals surface area contributed by atoms with E-state index >= 15 is 0 Å². The van der Waals surface area contributed by atoms with E-state index in [1.54, 1.807) is 0 Å². The quantitative estimate of drug-likeness (QED) is 0.779. The van der Waals surface area contributed by atoms with E-state index in [0.717, 1.165) is 37.1 Å². The Labute approximate surface area is 118 Å². The van der Waals surface area contributed by atoms with E-state index in [1.165, 1.54) is 25.2 Å². The van der Waals surface area contributed by atoms with E-state index in [1.807, 2.05) is 0 Å². The standard InChI is InChI=1S/C14H22BrN3/c15-14-3-1-13(2-4-14)5-6-16-7-10-18-11-8-17-9-12-18/h1-4,16-17H,5-12H2. The lowest BCUT2D eigenvalue weighted by molar-refractivity contribution is 0.241. The molecule has 1 aliphatic rings. The average molecular weight is 312 g/mol. The van der Waals surface area contributed by atoms with E-state index in [2.05, 4.69) is 55.7 Å². The number of nitrogens with one attached hydrogen (secondary N) is 2. The Kier molecular flexibility index (Phi) is 6.14. The first-order valence-corrected chi connectivity index (χ1v) is 7.52. The van der Waals surface area contributed by atoms with Gasteiger partial charge in [-0.2, -0.15) is 0 Å². The van der Waals surface area contributed by atoms with Crippen molar-refractivity contribution in [2.75, 3.05) is 45.8 Å². The molecule has 1 fully saturated rings. The zero-order valence-corrected chi connectivity index (χ0v) is 12.4. The van der Waals surface area contributed by atoms with Gasteiger partial charge in [0.05, 0.1) is 0 Å². The van der Waals surface area contributed by atoms with Crippen LogP contribution in [0.15, 0.2) is 28.7 Å². The zero-order valence-electron chi connectivity index (χ0n) is 10.8. The number of halogens is 1. The number of benzene rings is 1. The largest absolute Gasteiger partial charge is 0.315 e. The molecule has 4 heteroatoms. The molecule has 1 saturated heterocycles. The fourth-order valence-electron chi connectivity index (χ4n) is 2.18. The fraction of sp³-hybridized carbons (Fsp3) is 0.571. The lowest BCUT2D eigenvalue weighted by Crippen LogP contribution is -2.45. The molecule has 0 amide bonds. The fourth-order valence-corrected chi connectivity index (χ4v) is 2.45. The lowest BCUT2D eigenvalue weighted by Gasteiger charge is -2.27. The van der Waals surface area contributed by atoms with Gasteiger partial charge < -0.3 is 10.6 Å². The highest BCUT2D eigenvalue weighted by atomic mass is 79.9. The molecule has 2 rings (SSSR count). The van der Waals surface area contributed by atoms with E-state index in [-0.39, 0.29) is 0 Å². The third-order valence-corrected chi connectivity index (χ3v) is 3.85. The van der Waals surface area contributed by atoms with Gasteiger partial charge in [0, 0.05) is 43.7 Å². The maximum absolute atomic E-state index is 3.52. The third kappa shape index (κ3) is 5.06. The lowest BCUT2D eigenvalue weighted by atomic mass is 10.1. The number of rotatable bonds is 6. The van der Waals surface area contributed by atoms with Crippen LogP contribution >= 0.6 is 15.9 Å². The SMILES string of the molecule is Brc1ccc(CCNCCN2CCNCC2)cc1. The average Bonchev–Trinajstić information content (AvgIpc) is 2.42. The molecule has 0 aromatic heterocycles. The van der Waals surface area contributed by atoms with Crippen LogP contribution in [-0.4, -0.2) is 50.7 Å². The van der Waals surface area contributed by atoms with Gasteiger partial charge in [-0.1, -0.05) is 28.1 Å². The molecule has 1 aliphatic heterocycles.